The predicted octanol–water partition coefficient (Wildman–Crippen LogP) is 3.26. The lowest BCUT2D eigenvalue weighted by molar-refractivity contribution is 0.0757. The summed E-state index contributed by atoms with van der Waals surface area (Å²) >= 11 is 0. The first-order valence-corrected chi connectivity index (χ1v) is 9.27. The topological polar surface area (TPSA) is 41.9 Å². The fourth-order valence-electron chi connectivity index (χ4n) is 3.69. The van der Waals surface area contributed by atoms with Gasteiger partial charge in [-0.1, -0.05) is 6.07 Å². The van der Waals surface area contributed by atoms with E-state index < -0.39 is 6.10 Å². The first kappa shape index (κ1) is 17.3. The Morgan fingerprint density at radius 1 is 1.12 bits per heavy atom. The molecule has 0 spiro atoms. The number of fused-ring (bicyclic) bond motifs is 1. The number of nitrogens with zero attached hydrogens (tertiary/aromatic N) is 1. The van der Waals surface area contributed by atoms with Gasteiger partial charge in [-0.3, -0.25) is 0 Å². The summed E-state index contributed by atoms with van der Waals surface area (Å²) < 4.78 is 25.3. The molecule has 0 amide bonds. The second-order valence-electron chi connectivity index (χ2n) is 7.07. The van der Waals surface area contributed by atoms with E-state index >= 15 is 0 Å². The van der Waals surface area contributed by atoms with Crippen molar-refractivity contribution in [2.24, 2.45) is 0 Å². The Morgan fingerprint density at radius 3 is 2.81 bits per heavy atom. The van der Waals surface area contributed by atoms with Gasteiger partial charge in [0.25, 0.3) is 0 Å². The highest BCUT2D eigenvalue weighted by atomic mass is 19.1. The predicted molar refractivity (Wildman–Crippen MR) is 98.2 cm³/mol. The lowest BCUT2D eigenvalue weighted by atomic mass is 10.0. The number of rotatable bonds is 6. The average molecular weight is 357 g/mol. The quantitative estimate of drug-likeness (QED) is 0.862. The molecule has 2 aromatic rings. The third-order valence-electron chi connectivity index (χ3n) is 5.00. The van der Waals surface area contributed by atoms with Crippen molar-refractivity contribution in [3.8, 4) is 22.6 Å². The van der Waals surface area contributed by atoms with Crippen molar-refractivity contribution in [1.29, 1.82) is 0 Å². The molecule has 1 N–H and O–H groups in total. The van der Waals surface area contributed by atoms with Crippen LogP contribution in [-0.4, -0.2) is 49.0 Å². The van der Waals surface area contributed by atoms with Crippen LogP contribution < -0.4 is 9.47 Å². The summed E-state index contributed by atoms with van der Waals surface area (Å²) in [5.41, 5.74) is 2.86. The molecule has 2 aliphatic heterocycles. The SMILES string of the molecule is OC(COc1cc(F)cc(-c2ccc3c(c2)CCO3)c1)CN1CCCC1. The summed E-state index contributed by atoms with van der Waals surface area (Å²) in [6.45, 7) is 3.53. The Balaban J connectivity index is 1.44. The van der Waals surface area contributed by atoms with Crippen molar-refractivity contribution >= 4 is 0 Å². The van der Waals surface area contributed by atoms with Crippen LogP contribution in [0.3, 0.4) is 0 Å². The second-order valence-corrected chi connectivity index (χ2v) is 7.07. The molecular formula is C21H24FNO3. The van der Waals surface area contributed by atoms with E-state index in [1.165, 1.54) is 25.0 Å². The van der Waals surface area contributed by atoms with Crippen LogP contribution in [-0.2, 0) is 6.42 Å². The van der Waals surface area contributed by atoms with E-state index in [0.29, 0.717) is 18.9 Å². The Bertz CT molecular complexity index is 774. The van der Waals surface area contributed by atoms with Gasteiger partial charge in [-0.15, -0.1) is 0 Å². The molecule has 26 heavy (non-hydrogen) atoms. The molecule has 0 bridgehead atoms. The van der Waals surface area contributed by atoms with E-state index in [-0.39, 0.29) is 12.4 Å². The molecule has 138 valence electrons. The highest BCUT2D eigenvalue weighted by Crippen LogP contribution is 2.32. The molecule has 2 aliphatic rings. The number of ether oxygens (including phenoxy) is 2. The molecule has 0 aromatic heterocycles. The van der Waals surface area contributed by atoms with E-state index in [2.05, 4.69) is 4.90 Å². The van der Waals surface area contributed by atoms with Crippen molar-refractivity contribution in [1.82, 2.24) is 4.90 Å². The largest absolute Gasteiger partial charge is 0.493 e. The Kier molecular flexibility index (Phi) is 5.09. The van der Waals surface area contributed by atoms with Crippen LogP contribution in [0.5, 0.6) is 11.5 Å². The zero-order valence-corrected chi connectivity index (χ0v) is 14.8. The molecule has 4 rings (SSSR count). The van der Waals surface area contributed by atoms with Gasteiger partial charge >= 0.3 is 0 Å². The van der Waals surface area contributed by atoms with Gasteiger partial charge in [0.05, 0.1) is 6.61 Å². The lowest BCUT2D eigenvalue weighted by Crippen LogP contribution is -2.33. The Labute approximate surface area is 153 Å². The van der Waals surface area contributed by atoms with Crippen LogP contribution in [0.25, 0.3) is 11.1 Å². The van der Waals surface area contributed by atoms with E-state index in [9.17, 15) is 9.50 Å². The summed E-state index contributed by atoms with van der Waals surface area (Å²) in [6.07, 6.45) is 2.68. The van der Waals surface area contributed by atoms with Crippen molar-refractivity contribution in [2.45, 2.75) is 25.4 Å². The zero-order chi connectivity index (χ0) is 17.9. The van der Waals surface area contributed by atoms with Gasteiger partial charge in [-0.05, 0) is 66.9 Å². The number of β-amino-alcohol motifs (C(OH)–C–C–N with tert-alkyl or cyclic N) is 1. The number of hydrogen-bond acceptors (Lipinski definition) is 4. The normalized spacial score (nSPS) is 17.8. The maximum Gasteiger partial charge on any atom is 0.127 e. The summed E-state index contributed by atoms with van der Waals surface area (Å²) in [7, 11) is 0. The number of aliphatic hydroxyl groups is 1. The third-order valence-corrected chi connectivity index (χ3v) is 5.00. The molecule has 4 nitrogen and oxygen atoms in total. The van der Waals surface area contributed by atoms with Crippen LogP contribution in [0.1, 0.15) is 18.4 Å². The summed E-state index contributed by atoms with van der Waals surface area (Å²) in [5.74, 6) is 1.01. The highest BCUT2D eigenvalue weighted by Gasteiger charge is 2.17. The molecule has 0 saturated carbocycles. The van der Waals surface area contributed by atoms with Gasteiger partial charge in [0.2, 0.25) is 0 Å². The fourth-order valence-corrected chi connectivity index (χ4v) is 3.69. The van der Waals surface area contributed by atoms with Crippen LogP contribution in [0.15, 0.2) is 36.4 Å². The van der Waals surface area contributed by atoms with Crippen LogP contribution in [0.4, 0.5) is 4.39 Å². The van der Waals surface area contributed by atoms with Crippen molar-refractivity contribution < 1.29 is 19.0 Å². The molecule has 1 fully saturated rings. The minimum atomic E-state index is -0.572. The fraction of sp³-hybridized carbons (Fsp3) is 0.429. The molecule has 2 aromatic carbocycles. The second kappa shape index (κ2) is 7.64. The average Bonchev–Trinajstić information content (AvgIpc) is 3.30. The van der Waals surface area contributed by atoms with Gasteiger partial charge in [0, 0.05) is 19.0 Å². The van der Waals surface area contributed by atoms with Gasteiger partial charge in [0.15, 0.2) is 0 Å². The van der Waals surface area contributed by atoms with Crippen molar-refractivity contribution in [2.75, 3.05) is 32.8 Å². The smallest absolute Gasteiger partial charge is 0.127 e. The van der Waals surface area contributed by atoms with Gasteiger partial charge in [0.1, 0.15) is 30.0 Å². The maximum atomic E-state index is 14.1. The Hall–Kier alpha value is -2.11. The molecule has 0 radical (unpaired) electrons. The standard InChI is InChI=1S/C21H24FNO3/c22-18-10-17(15-3-4-21-16(9-15)5-8-25-21)11-20(12-18)26-14-19(24)13-23-6-1-2-7-23/h3-4,9-12,19,24H,1-2,5-8,13-14H2. The van der Waals surface area contributed by atoms with Gasteiger partial charge < -0.3 is 19.5 Å². The molecule has 1 saturated heterocycles. The van der Waals surface area contributed by atoms with Crippen LogP contribution >= 0.6 is 0 Å². The summed E-state index contributed by atoms with van der Waals surface area (Å²) in [5, 5.41) is 10.2. The first-order chi connectivity index (χ1) is 12.7. The minimum Gasteiger partial charge on any atom is -0.493 e. The Morgan fingerprint density at radius 2 is 1.96 bits per heavy atom. The maximum absolute atomic E-state index is 14.1. The number of likely N-dealkylation sites (tertiary alicyclic amines) is 1. The lowest BCUT2D eigenvalue weighted by Gasteiger charge is -2.19. The summed E-state index contributed by atoms with van der Waals surface area (Å²) in [6, 6.07) is 10.6. The number of benzene rings is 2. The minimum absolute atomic E-state index is 0.164. The van der Waals surface area contributed by atoms with E-state index in [1.54, 1.807) is 0 Å². The molecule has 2 heterocycles. The van der Waals surface area contributed by atoms with Crippen LogP contribution in [0.2, 0.25) is 0 Å². The van der Waals surface area contributed by atoms with E-state index in [0.717, 1.165) is 42.0 Å². The number of aliphatic hydroxyl groups excluding tert-OH is 1. The number of hydrogen-bond donors (Lipinski definition) is 1. The zero-order valence-electron chi connectivity index (χ0n) is 14.8. The summed E-state index contributed by atoms with van der Waals surface area (Å²) in [4.78, 5) is 2.23. The van der Waals surface area contributed by atoms with E-state index in [1.807, 2.05) is 24.3 Å². The highest BCUT2D eigenvalue weighted by molar-refractivity contribution is 5.67. The van der Waals surface area contributed by atoms with Crippen molar-refractivity contribution in [3.05, 3.63) is 47.8 Å². The monoisotopic (exact) mass is 357 g/mol. The molecule has 5 heteroatoms. The van der Waals surface area contributed by atoms with E-state index in [4.69, 9.17) is 9.47 Å². The van der Waals surface area contributed by atoms with Gasteiger partial charge in [-0.25, -0.2) is 4.39 Å². The third kappa shape index (κ3) is 4.00. The molecule has 1 atom stereocenters. The number of halogens is 1. The first-order valence-electron chi connectivity index (χ1n) is 9.27. The van der Waals surface area contributed by atoms with Crippen molar-refractivity contribution in [3.63, 3.8) is 0 Å². The molecule has 1 unspecified atom stereocenters. The van der Waals surface area contributed by atoms with Crippen LogP contribution in [0, 0.1) is 5.82 Å². The molecule has 0 aliphatic carbocycles. The molecular weight excluding hydrogens is 333 g/mol. The van der Waals surface area contributed by atoms with Gasteiger partial charge in [-0.2, -0.15) is 0 Å².